The number of anilines is 2. The van der Waals surface area contributed by atoms with E-state index in [4.69, 9.17) is 11.5 Å². The molecule has 1 aliphatic heterocycles. The molecule has 1 saturated heterocycles. The fraction of sp³-hybridized carbons (Fsp3) is 0.462. The molecule has 1 aliphatic rings. The van der Waals surface area contributed by atoms with Gasteiger partial charge in [-0.05, 0) is 24.1 Å². The molecule has 0 unspecified atom stereocenters. The fourth-order valence-electron chi connectivity index (χ4n) is 2.11. The molecule has 18 heavy (non-hydrogen) atoms. The van der Waals surface area contributed by atoms with E-state index < -0.39 is 5.60 Å². The smallest absolute Gasteiger partial charge is 0.254 e. The third-order valence-corrected chi connectivity index (χ3v) is 3.52. The molecule has 5 N–H and O–H groups in total. The minimum absolute atomic E-state index is 0.132. The van der Waals surface area contributed by atoms with Crippen molar-refractivity contribution in [2.75, 3.05) is 24.6 Å². The Morgan fingerprint density at radius 2 is 1.78 bits per heavy atom. The molecule has 1 heterocycles. The van der Waals surface area contributed by atoms with E-state index in [0.717, 1.165) is 0 Å². The van der Waals surface area contributed by atoms with E-state index >= 15 is 0 Å². The summed E-state index contributed by atoms with van der Waals surface area (Å²) in [4.78, 5) is 13.8. The largest absolute Gasteiger partial charge is 0.399 e. The molecule has 0 saturated carbocycles. The molecule has 98 valence electrons. The van der Waals surface area contributed by atoms with Gasteiger partial charge in [0.1, 0.15) is 5.60 Å². The quantitative estimate of drug-likeness (QED) is 0.672. The zero-order valence-electron chi connectivity index (χ0n) is 10.7. The van der Waals surface area contributed by atoms with Crippen LogP contribution < -0.4 is 11.5 Å². The van der Waals surface area contributed by atoms with Crippen LogP contribution in [0.15, 0.2) is 18.2 Å². The summed E-state index contributed by atoms with van der Waals surface area (Å²) in [5.74, 6) is -0.00760. The maximum absolute atomic E-state index is 12.1. The van der Waals surface area contributed by atoms with Crippen molar-refractivity contribution in [1.82, 2.24) is 4.90 Å². The summed E-state index contributed by atoms with van der Waals surface area (Å²) in [6, 6.07) is 4.81. The number of nitrogens with two attached hydrogens (primary N) is 2. The Labute approximate surface area is 106 Å². The van der Waals surface area contributed by atoms with Crippen molar-refractivity contribution >= 4 is 17.3 Å². The van der Waals surface area contributed by atoms with Gasteiger partial charge in [0.2, 0.25) is 0 Å². The van der Waals surface area contributed by atoms with Crippen molar-refractivity contribution in [3.05, 3.63) is 23.8 Å². The SMILES string of the molecule is CC(C)C1(O)CN(C(=O)c2cc(N)cc(N)c2)C1. The van der Waals surface area contributed by atoms with Crippen LogP contribution in [0.3, 0.4) is 0 Å². The number of hydrogen-bond donors (Lipinski definition) is 3. The summed E-state index contributed by atoms with van der Waals surface area (Å²) in [5.41, 5.74) is 12.0. The Morgan fingerprint density at radius 1 is 1.28 bits per heavy atom. The van der Waals surface area contributed by atoms with E-state index in [1.807, 2.05) is 13.8 Å². The summed E-state index contributed by atoms with van der Waals surface area (Å²) in [6.45, 7) is 4.61. The molecule has 1 amide bonds. The van der Waals surface area contributed by atoms with Crippen LogP contribution in [0.5, 0.6) is 0 Å². The van der Waals surface area contributed by atoms with Crippen molar-refractivity contribution in [3.63, 3.8) is 0 Å². The molecule has 5 nitrogen and oxygen atoms in total. The Bertz CT molecular complexity index is 459. The molecule has 0 aliphatic carbocycles. The first-order chi connectivity index (χ1) is 8.32. The Hall–Kier alpha value is -1.75. The predicted octanol–water partition coefficient (Wildman–Crippen LogP) is 0.694. The first-order valence-corrected chi connectivity index (χ1v) is 5.99. The number of carbonyl (C=O) groups excluding carboxylic acids is 1. The van der Waals surface area contributed by atoms with Gasteiger partial charge in [-0.15, -0.1) is 0 Å². The summed E-state index contributed by atoms with van der Waals surface area (Å²) < 4.78 is 0. The van der Waals surface area contributed by atoms with E-state index in [9.17, 15) is 9.90 Å². The summed E-state index contributed by atoms with van der Waals surface area (Å²) >= 11 is 0. The normalized spacial score (nSPS) is 17.7. The van der Waals surface area contributed by atoms with Crippen LogP contribution in [0.4, 0.5) is 11.4 Å². The van der Waals surface area contributed by atoms with Crippen molar-refractivity contribution in [2.24, 2.45) is 5.92 Å². The molecular formula is C13H19N3O2. The Kier molecular flexibility index (Phi) is 2.94. The lowest BCUT2D eigenvalue weighted by atomic mass is 9.82. The van der Waals surface area contributed by atoms with Crippen LogP contribution >= 0.6 is 0 Å². The molecule has 1 fully saturated rings. The Morgan fingerprint density at radius 3 is 2.22 bits per heavy atom. The van der Waals surface area contributed by atoms with Gasteiger partial charge in [0.25, 0.3) is 5.91 Å². The second-order valence-electron chi connectivity index (χ2n) is 5.31. The molecular weight excluding hydrogens is 230 g/mol. The lowest BCUT2D eigenvalue weighted by Crippen LogP contribution is -2.65. The number of amides is 1. The van der Waals surface area contributed by atoms with Gasteiger partial charge in [0.05, 0.1) is 13.1 Å². The minimum atomic E-state index is -0.762. The highest BCUT2D eigenvalue weighted by atomic mass is 16.3. The second kappa shape index (κ2) is 4.17. The number of rotatable bonds is 2. The highest BCUT2D eigenvalue weighted by Gasteiger charge is 2.45. The number of β-amino-alcohol motifs (C(OH)–C–C–N with tert-alkyl or cyclic N) is 1. The fourth-order valence-corrected chi connectivity index (χ4v) is 2.11. The number of nitrogens with zero attached hydrogens (tertiary/aromatic N) is 1. The van der Waals surface area contributed by atoms with E-state index in [1.54, 1.807) is 23.1 Å². The molecule has 1 aromatic carbocycles. The monoisotopic (exact) mass is 249 g/mol. The van der Waals surface area contributed by atoms with E-state index in [2.05, 4.69) is 0 Å². The number of likely N-dealkylation sites (tertiary alicyclic amines) is 1. The number of hydrogen-bond acceptors (Lipinski definition) is 4. The van der Waals surface area contributed by atoms with Gasteiger partial charge in [-0.1, -0.05) is 13.8 Å². The van der Waals surface area contributed by atoms with Gasteiger partial charge in [0, 0.05) is 16.9 Å². The Balaban J connectivity index is 2.10. The second-order valence-corrected chi connectivity index (χ2v) is 5.31. The summed E-state index contributed by atoms with van der Waals surface area (Å²) in [6.07, 6.45) is 0. The van der Waals surface area contributed by atoms with Crippen molar-refractivity contribution < 1.29 is 9.90 Å². The van der Waals surface area contributed by atoms with E-state index in [1.165, 1.54) is 0 Å². The standard InChI is InChI=1S/C13H19N3O2/c1-8(2)13(18)6-16(7-13)12(17)9-3-10(14)5-11(15)4-9/h3-5,8,18H,6-7,14-15H2,1-2H3. The zero-order chi connectivity index (χ0) is 13.5. The third-order valence-electron chi connectivity index (χ3n) is 3.52. The molecule has 0 atom stereocenters. The van der Waals surface area contributed by atoms with Gasteiger partial charge >= 0.3 is 0 Å². The molecule has 1 aromatic rings. The number of carbonyl (C=O) groups is 1. The topological polar surface area (TPSA) is 92.6 Å². The maximum atomic E-state index is 12.1. The lowest BCUT2D eigenvalue weighted by molar-refractivity contribution is -0.110. The van der Waals surface area contributed by atoms with Gasteiger partial charge in [-0.3, -0.25) is 4.79 Å². The average molecular weight is 249 g/mol. The number of benzene rings is 1. The zero-order valence-corrected chi connectivity index (χ0v) is 10.7. The van der Waals surface area contributed by atoms with Crippen LogP contribution in [-0.4, -0.2) is 34.6 Å². The van der Waals surface area contributed by atoms with Gasteiger partial charge in [-0.2, -0.15) is 0 Å². The molecule has 0 aromatic heterocycles. The number of aliphatic hydroxyl groups is 1. The summed E-state index contributed by atoms with van der Waals surface area (Å²) in [5, 5.41) is 10.1. The summed E-state index contributed by atoms with van der Waals surface area (Å²) in [7, 11) is 0. The van der Waals surface area contributed by atoms with Crippen LogP contribution in [0, 0.1) is 5.92 Å². The first-order valence-electron chi connectivity index (χ1n) is 5.99. The van der Waals surface area contributed by atoms with Gasteiger partial charge in [0.15, 0.2) is 0 Å². The maximum Gasteiger partial charge on any atom is 0.254 e. The molecule has 0 bridgehead atoms. The number of nitrogen functional groups attached to an aromatic ring is 2. The molecule has 5 heteroatoms. The van der Waals surface area contributed by atoms with Crippen molar-refractivity contribution in [1.29, 1.82) is 0 Å². The predicted molar refractivity (Wildman–Crippen MR) is 71.0 cm³/mol. The van der Waals surface area contributed by atoms with Crippen LogP contribution in [0.2, 0.25) is 0 Å². The van der Waals surface area contributed by atoms with E-state index in [-0.39, 0.29) is 11.8 Å². The van der Waals surface area contributed by atoms with Crippen LogP contribution in [0.1, 0.15) is 24.2 Å². The van der Waals surface area contributed by atoms with Crippen LogP contribution in [0.25, 0.3) is 0 Å². The highest BCUT2D eigenvalue weighted by molar-refractivity contribution is 5.96. The highest BCUT2D eigenvalue weighted by Crippen LogP contribution is 2.30. The van der Waals surface area contributed by atoms with Gasteiger partial charge in [-0.25, -0.2) is 0 Å². The molecule has 0 radical (unpaired) electrons. The first kappa shape index (κ1) is 12.7. The molecule has 2 rings (SSSR count). The van der Waals surface area contributed by atoms with Crippen molar-refractivity contribution in [3.8, 4) is 0 Å². The van der Waals surface area contributed by atoms with Gasteiger partial charge < -0.3 is 21.5 Å². The lowest BCUT2D eigenvalue weighted by Gasteiger charge is -2.49. The third kappa shape index (κ3) is 2.13. The molecule has 0 spiro atoms. The van der Waals surface area contributed by atoms with Crippen LogP contribution in [-0.2, 0) is 0 Å². The average Bonchev–Trinajstić information content (AvgIpc) is 2.22. The van der Waals surface area contributed by atoms with Crippen molar-refractivity contribution in [2.45, 2.75) is 19.4 Å². The van der Waals surface area contributed by atoms with E-state index in [0.29, 0.717) is 30.0 Å². The minimum Gasteiger partial charge on any atom is -0.399 e.